The van der Waals surface area contributed by atoms with E-state index < -0.39 is 5.97 Å². The minimum Gasteiger partial charge on any atom is -0.463 e. The van der Waals surface area contributed by atoms with Gasteiger partial charge in [-0.3, -0.25) is 4.79 Å². The van der Waals surface area contributed by atoms with Crippen LogP contribution in [0.15, 0.2) is 30.4 Å². The van der Waals surface area contributed by atoms with Crippen molar-refractivity contribution in [2.24, 2.45) is 0 Å². The van der Waals surface area contributed by atoms with Crippen molar-refractivity contribution in [3.05, 3.63) is 30.4 Å². The summed E-state index contributed by atoms with van der Waals surface area (Å²) in [7, 11) is 0. The number of nitrogens with one attached hydrogen (secondary N) is 1. The van der Waals surface area contributed by atoms with Crippen LogP contribution in [-0.4, -0.2) is 71.1 Å². The molecule has 0 bridgehead atoms. The molecule has 0 aliphatic carbocycles. The van der Waals surface area contributed by atoms with Crippen molar-refractivity contribution < 1.29 is 23.8 Å². The smallest absolute Gasteiger partial charge is 0.330 e. The van der Waals surface area contributed by atoms with Crippen molar-refractivity contribution in [3.8, 4) is 0 Å². The number of rotatable bonds is 6. The first kappa shape index (κ1) is 20.2. The zero-order valence-corrected chi connectivity index (χ0v) is 16.2. The van der Waals surface area contributed by atoms with E-state index in [0.29, 0.717) is 32.1 Å². The highest BCUT2D eigenvalue weighted by atomic mass is 16.5. The van der Waals surface area contributed by atoms with Crippen molar-refractivity contribution in [3.63, 3.8) is 0 Å². The van der Waals surface area contributed by atoms with Crippen molar-refractivity contribution in [1.82, 2.24) is 0 Å². The molecule has 1 aromatic carbocycles. The van der Waals surface area contributed by atoms with E-state index in [0.717, 1.165) is 43.6 Å². The molecular formula is C20H27N3O5. The lowest BCUT2D eigenvalue weighted by Gasteiger charge is -2.33. The van der Waals surface area contributed by atoms with E-state index in [1.54, 1.807) is 6.92 Å². The Hall–Kier alpha value is -2.58. The van der Waals surface area contributed by atoms with Gasteiger partial charge in [0.2, 0.25) is 5.91 Å². The number of hydrogen-bond acceptors (Lipinski definition) is 7. The number of benzene rings is 1. The second-order valence-corrected chi connectivity index (χ2v) is 6.47. The fraction of sp³-hybridized carbons (Fsp3) is 0.500. The van der Waals surface area contributed by atoms with E-state index in [4.69, 9.17) is 14.2 Å². The van der Waals surface area contributed by atoms with E-state index in [-0.39, 0.29) is 12.5 Å². The molecule has 2 heterocycles. The summed E-state index contributed by atoms with van der Waals surface area (Å²) in [6.07, 6.45) is 2.33. The zero-order valence-electron chi connectivity index (χ0n) is 16.2. The Kier molecular flexibility index (Phi) is 7.27. The molecule has 2 aliphatic rings. The largest absolute Gasteiger partial charge is 0.463 e. The first-order chi connectivity index (χ1) is 13.7. The van der Waals surface area contributed by atoms with Crippen LogP contribution < -0.4 is 15.1 Å². The number of carbonyl (C=O) groups is 2. The third-order valence-electron chi connectivity index (χ3n) is 4.62. The van der Waals surface area contributed by atoms with Gasteiger partial charge in [0.05, 0.1) is 44.4 Å². The summed E-state index contributed by atoms with van der Waals surface area (Å²) in [6.45, 7) is 7.92. The molecule has 0 radical (unpaired) electrons. The van der Waals surface area contributed by atoms with Gasteiger partial charge < -0.3 is 29.3 Å². The molecule has 0 unspecified atom stereocenters. The van der Waals surface area contributed by atoms with Crippen LogP contribution in [0.4, 0.5) is 17.1 Å². The Bertz CT molecular complexity index is 710. The first-order valence-electron chi connectivity index (χ1n) is 9.62. The number of amides is 1. The van der Waals surface area contributed by atoms with Crippen LogP contribution in [0.2, 0.25) is 0 Å². The molecule has 152 valence electrons. The topological polar surface area (TPSA) is 80.3 Å². The molecule has 0 spiro atoms. The molecule has 0 atom stereocenters. The first-order valence-corrected chi connectivity index (χ1v) is 9.62. The molecule has 0 aromatic heterocycles. The van der Waals surface area contributed by atoms with Gasteiger partial charge in [0.25, 0.3) is 0 Å². The molecule has 2 aliphatic heterocycles. The second-order valence-electron chi connectivity index (χ2n) is 6.47. The normalized spacial score (nSPS) is 17.6. The van der Waals surface area contributed by atoms with Gasteiger partial charge in [-0.1, -0.05) is 0 Å². The third-order valence-corrected chi connectivity index (χ3v) is 4.62. The summed E-state index contributed by atoms with van der Waals surface area (Å²) < 4.78 is 15.7. The van der Waals surface area contributed by atoms with Gasteiger partial charge >= 0.3 is 5.97 Å². The molecule has 2 saturated heterocycles. The van der Waals surface area contributed by atoms with E-state index in [2.05, 4.69) is 21.2 Å². The van der Waals surface area contributed by atoms with Gasteiger partial charge in [-0.15, -0.1) is 0 Å². The highest BCUT2D eigenvalue weighted by molar-refractivity contribution is 6.04. The summed E-state index contributed by atoms with van der Waals surface area (Å²) in [6, 6.07) is 6.01. The number of esters is 1. The molecule has 1 aromatic rings. The maximum Gasteiger partial charge on any atom is 0.330 e. The van der Waals surface area contributed by atoms with Crippen molar-refractivity contribution >= 4 is 28.9 Å². The number of nitrogens with zero attached hydrogens (tertiary/aromatic N) is 2. The average Bonchev–Trinajstić information content (AvgIpc) is 2.74. The van der Waals surface area contributed by atoms with Crippen LogP contribution >= 0.6 is 0 Å². The van der Waals surface area contributed by atoms with Crippen LogP contribution in [0, 0.1) is 0 Å². The molecule has 8 nitrogen and oxygen atoms in total. The number of anilines is 3. The lowest BCUT2D eigenvalue weighted by atomic mass is 10.1. The lowest BCUT2D eigenvalue weighted by molar-refractivity contribution is -0.137. The van der Waals surface area contributed by atoms with Gasteiger partial charge in [0.1, 0.15) is 0 Å². The molecular weight excluding hydrogens is 362 g/mol. The van der Waals surface area contributed by atoms with Gasteiger partial charge in [-0.2, -0.15) is 0 Å². The van der Waals surface area contributed by atoms with Gasteiger partial charge in [0.15, 0.2) is 0 Å². The maximum atomic E-state index is 12.3. The number of carbonyl (C=O) groups excluding carboxylic acids is 2. The molecule has 0 saturated carbocycles. The molecule has 8 heteroatoms. The Balaban J connectivity index is 1.78. The van der Waals surface area contributed by atoms with Crippen LogP contribution in [0.1, 0.15) is 6.92 Å². The molecule has 28 heavy (non-hydrogen) atoms. The molecule has 2 fully saturated rings. The monoisotopic (exact) mass is 389 g/mol. The summed E-state index contributed by atoms with van der Waals surface area (Å²) >= 11 is 0. The molecule has 1 amide bonds. The highest BCUT2D eigenvalue weighted by Gasteiger charge is 2.19. The average molecular weight is 389 g/mol. The summed E-state index contributed by atoms with van der Waals surface area (Å²) in [4.78, 5) is 28.2. The van der Waals surface area contributed by atoms with Gasteiger partial charge in [-0.05, 0) is 25.1 Å². The minimum atomic E-state index is -0.534. The Morgan fingerprint density at radius 3 is 2.32 bits per heavy atom. The minimum absolute atomic E-state index is 0.273. The Morgan fingerprint density at radius 2 is 1.68 bits per heavy atom. The van der Waals surface area contributed by atoms with Crippen LogP contribution in [0.25, 0.3) is 0 Å². The third kappa shape index (κ3) is 5.46. The van der Waals surface area contributed by atoms with Crippen molar-refractivity contribution in [2.45, 2.75) is 6.92 Å². The fourth-order valence-electron chi connectivity index (χ4n) is 3.22. The SMILES string of the molecule is CCOC(=O)/C=C/C(=O)Nc1ccc(N2CCOCC2)cc1N1CCOCC1. The molecule has 3 rings (SSSR count). The second kappa shape index (κ2) is 10.1. The number of hydrogen-bond donors (Lipinski definition) is 1. The predicted octanol–water partition coefficient (Wildman–Crippen LogP) is 1.42. The van der Waals surface area contributed by atoms with E-state index >= 15 is 0 Å². The molecule has 1 N–H and O–H groups in total. The number of ether oxygens (including phenoxy) is 3. The predicted molar refractivity (Wildman–Crippen MR) is 107 cm³/mol. The Labute approximate surface area is 165 Å². The maximum absolute atomic E-state index is 12.3. The quantitative estimate of drug-likeness (QED) is 0.582. The summed E-state index contributed by atoms with van der Waals surface area (Å²) in [5.74, 6) is -0.907. The van der Waals surface area contributed by atoms with Crippen LogP contribution in [-0.2, 0) is 23.8 Å². The Morgan fingerprint density at radius 1 is 1.04 bits per heavy atom. The summed E-state index contributed by atoms with van der Waals surface area (Å²) in [5.41, 5.74) is 2.76. The lowest BCUT2D eigenvalue weighted by Crippen LogP contribution is -2.38. The van der Waals surface area contributed by atoms with Crippen LogP contribution in [0.3, 0.4) is 0 Å². The van der Waals surface area contributed by atoms with Crippen molar-refractivity contribution in [2.75, 3.05) is 74.3 Å². The zero-order chi connectivity index (χ0) is 19.8. The highest BCUT2D eigenvalue weighted by Crippen LogP contribution is 2.32. The van der Waals surface area contributed by atoms with E-state index in [1.165, 1.54) is 6.08 Å². The fourth-order valence-corrected chi connectivity index (χ4v) is 3.22. The van der Waals surface area contributed by atoms with Gasteiger partial charge in [0, 0.05) is 44.0 Å². The standard InChI is InChI=1S/C20H27N3O5/c1-2-28-20(25)6-5-19(24)21-17-4-3-16(22-7-11-26-12-8-22)15-18(17)23-9-13-27-14-10-23/h3-6,15H,2,7-14H2,1H3,(H,21,24)/b6-5+. The van der Waals surface area contributed by atoms with E-state index in [9.17, 15) is 9.59 Å². The van der Waals surface area contributed by atoms with Crippen molar-refractivity contribution in [1.29, 1.82) is 0 Å². The van der Waals surface area contributed by atoms with Gasteiger partial charge in [-0.25, -0.2) is 4.79 Å². The number of morpholine rings is 2. The van der Waals surface area contributed by atoms with E-state index in [1.807, 2.05) is 12.1 Å². The summed E-state index contributed by atoms with van der Waals surface area (Å²) in [5, 5.41) is 2.88. The van der Waals surface area contributed by atoms with Crippen LogP contribution in [0.5, 0.6) is 0 Å².